The van der Waals surface area contributed by atoms with Gasteiger partial charge < -0.3 is 25.5 Å². The number of amides is 1. The summed E-state index contributed by atoms with van der Waals surface area (Å²) in [6, 6.07) is 12.8. The van der Waals surface area contributed by atoms with Crippen molar-refractivity contribution in [2.75, 3.05) is 56.0 Å². The van der Waals surface area contributed by atoms with Gasteiger partial charge in [0.15, 0.2) is 0 Å². The van der Waals surface area contributed by atoms with Crippen LogP contribution in [0.2, 0.25) is 0 Å². The van der Waals surface area contributed by atoms with Crippen molar-refractivity contribution < 1.29 is 9.90 Å². The van der Waals surface area contributed by atoms with Crippen LogP contribution in [0.4, 0.5) is 11.4 Å². The number of hydrogen-bond donors (Lipinski definition) is 3. The molecule has 1 saturated carbocycles. The van der Waals surface area contributed by atoms with Gasteiger partial charge in [-0.2, -0.15) is 5.10 Å². The molecule has 3 aromatic rings. The quantitative estimate of drug-likeness (QED) is 0.421. The van der Waals surface area contributed by atoms with E-state index < -0.39 is 0 Å². The summed E-state index contributed by atoms with van der Waals surface area (Å²) in [5.74, 6) is 0.348. The fourth-order valence-electron chi connectivity index (χ4n) is 5.43. The van der Waals surface area contributed by atoms with Gasteiger partial charge in [0.2, 0.25) is 5.91 Å². The Bertz CT molecular complexity index is 1140. The molecular formula is C28H38N6O2. The predicted octanol–water partition coefficient (Wildman–Crippen LogP) is 3.22. The third-order valence-corrected chi connectivity index (χ3v) is 7.56. The number of benzene rings is 1. The molecule has 1 saturated heterocycles. The molecule has 1 aliphatic heterocycles. The first-order valence-corrected chi connectivity index (χ1v) is 13.4. The van der Waals surface area contributed by atoms with Gasteiger partial charge >= 0.3 is 0 Å². The minimum Gasteiger partial charge on any atom is -0.393 e. The second kappa shape index (κ2) is 11.3. The molecule has 0 unspecified atom stereocenters. The van der Waals surface area contributed by atoms with Crippen LogP contribution in [-0.4, -0.2) is 77.4 Å². The van der Waals surface area contributed by atoms with E-state index >= 15 is 0 Å². The standard InChI is InChI=1S/C28H38N6O2/c1-2-29-13-14-30-24-7-3-21(4-8-24)23-19-27-26(11-12-31-34(27)20-23)32-15-17-33(18-16-32)28(36)22-5-9-25(35)10-6-22/h3-4,7-8,11-12,19-20,22,25,29-30,35H,2,5-6,9-10,13-18H2,1H3/t22-,25-. The fourth-order valence-corrected chi connectivity index (χ4v) is 5.43. The lowest BCUT2D eigenvalue weighted by Gasteiger charge is -2.38. The van der Waals surface area contributed by atoms with Gasteiger partial charge in [0.05, 0.1) is 17.3 Å². The Labute approximate surface area is 213 Å². The first-order chi connectivity index (χ1) is 17.6. The van der Waals surface area contributed by atoms with Crippen molar-refractivity contribution in [3.63, 3.8) is 0 Å². The third kappa shape index (κ3) is 5.50. The molecule has 2 fully saturated rings. The van der Waals surface area contributed by atoms with Crippen molar-refractivity contribution in [1.29, 1.82) is 0 Å². The SMILES string of the molecule is CCNCCNc1ccc(-c2cc3c(N4CCN(C(=O)[C@H]5CC[C@H](O)CC5)CC4)ccnn3c2)cc1. The number of hydrogen-bond acceptors (Lipinski definition) is 6. The molecule has 192 valence electrons. The molecule has 1 aromatic carbocycles. The first kappa shape index (κ1) is 24.6. The normalized spacial score (nSPS) is 20.6. The molecule has 0 spiro atoms. The number of fused-ring (bicyclic) bond motifs is 1. The van der Waals surface area contributed by atoms with Crippen LogP contribution < -0.4 is 15.5 Å². The minimum absolute atomic E-state index is 0.0790. The summed E-state index contributed by atoms with van der Waals surface area (Å²) in [6.07, 6.45) is 6.83. The van der Waals surface area contributed by atoms with Crippen molar-refractivity contribution in [1.82, 2.24) is 19.8 Å². The molecule has 1 amide bonds. The zero-order chi connectivity index (χ0) is 24.9. The number of piperazine rings is 1. The second-order valence-electron chi connectivity index (χ2n) is 9.95. The molecule has 8 heteroatoms. The van der Waals surface area contributed by atoms with Crippen LogP contribution in [0, 0.1) is 5.92 Å². The number of nitrogens with one attached hydrogen (secondary N) is 2. The number of aliphatic hydroxyl groups excluding tert-OH is 1. The summed E-state index contributed by atoms with van der Waals surface area (Å²) >= 11 is 0. The van der Waals surface area contributed by atoms with Gasteiger partial charge in [-0.1, -0.05) is 19.1 Å². The van der Waals surface area contributed by atoms with E-state index in [0.717, 1.165) is 99.5 Å². The number of aromatic nitrogens is 2. The van der Waals surface area contributed by atoms with Crippen molar-refractivity contribution in [3.05, 3.63) is 48.8 Å². The molecule has 5 rings (SSSR count). The van der Waals surface area contributed by atoms with Crippen LogP contribution in [0.1, 0.15) is 32.6 Å². The van der Waals surface area contributed by atoms with E-state index in [9.17, 15) is 9.90 Å². The Balaban J connectivity index is 1.24. The highest BCUT2D eigenvalue weighted by molar-refractivity contribution is 5.81. The zero-order valence-electron chi connectivity index (χ0n) is 21.2. The van der Waals surface area contributed by atoms with Gasteiger partial charge in [0, 0.05) is 68.8 Å². The van der Waals surface area contributed by atoms with Crippen molar-refractivity contribution in [2.45, 2.75) is 38.7 Å². The average molecular weight is 491 g/mol. The second-order valence-corrected chi connectivity index (χ2v) is 9.95. The minimum atomic E-state index is -0.227. The molecule has 36 heavy (non-hydrogen) atoms. The highest BCUT2D eigenvalue weighted by Gasteiger charge is 2.31. The summed E-state index contributed by atoms with van der Waals surface area (Å²) in [5, 5.41) is 21.1. The lowest BCUT2D eigenvalue weighted by molar-refractivity contribution is -0.137. The highest BCUT2D eigenvalue weighted by atomic mass is 16.3. The Morgan fingerprint density at radius 2 is 1.75 bits per heavy atom. The maximum Gasteiger partial charge on any atom is 0.225 e. The summed E-state index contributed by atoms with van der Waals surface area (Å²) in [6.45, 7) is 8.06. The molecule has 1 aliphatic carbocycles. The Morgan fingerprint density at radius 3 is 2.47 bits per heavy atom. The summed E-state index contributed by atoms with van der Waals surface area (Å²) in [7, 11) is 0. The van der Waals surface area contributed by atoms with Crippen molar-refractivity contribution in [2.24, 2.45) is 5.92 Å². The third-order valence-electron chi connectivity index (χ3n) is 7.56. The molecule has 2 aliphatic rings. The van der Waals surface area contributed by atoms with Crippen LogP contribution >= 0.6 is 0 Å². The molecule has 8 nitrogen and oxygen atoms in total. The number of carbonyl (C=O) groups excluding carboxylic acids is 1. The van der Waals surface area contributed by atoms with Gasteiger partial charge in [-0.3, -0.25) is 4.79 Å². The van der Waals surface area contributed by atoms with E-state index in [0.29, 0.717) is 0 Å². The number of likely N-dealkylation sites (N-methyl/N-ethyl adjacent to an activating group) is 1. The van der Waals surface area contributed by atoms with Crippen LogP contribution in [0.3, 0.4) is 0 Å². The lowest BCUT2D eigenvalue weighted by Crippen LogP contribution is -2.51. The van der Waals surface area contributed by atoms with Gasteiger partial charge in [-0.05, 0) is 62.1 Å². The van der Waals surface area contributed by atoms with E-state index in [1.165, 1.54) is 0 Å². The molecule has 0 bridgehead atoms. The van der Waals surface area contributed by atoms with E-state index in [1.807, 2.05) is 15.6 Å². The Morgan fingerprint density at radius 1 is 1.00 bits per heavy atom. The number of rotatable bonds is 8. The smallest absolute Gasteiger partial charge is 0.225 e. The van der Waals surface area contributed by atoms with Crippen LogP contribution in [0.15, 0.2) is 48.8 Å². The number of nitrogens with zero attached hydrogens (tertiary/aromatic N) is 4. The van der Waals surface area contributed by atoms with Crippen LogP contribution in [0.25, 0.3) is 16.6 Å². The molecular weight excluding hydrogens is 452 g/mol. The number of anilines is 2. The van der Waals surface area contributed by atoms with Gasteiger partial charge in [0.1, 0.15) is 0 Å². The molecule has 2 aromatic heterocycles. The summed E-state index contributed by atoms with van der Waals surface area (Å²) in [4.78, 5) is 17.4. The van der Waals surface area contributed by atoms with Crippen molar-refractivity contribution >= 4 is 22.8 Å². The van der Waals surface area contributed by atoms with Gasteiger partial charge in [-0.25, -0.2) is 4.52 Å². The largest absolute Gasteiger partial charge is 0.393 e. The van der Waals surface area contributed by atoms with Gasteiger partial charge in [-0.15, -0.1) is 0 Å². The maximum absolute atomic E-state index is 13.0. The molecule has 3 N–H and O–H groups in total. The van der Waals surface area contributed by atoms with E-state index in [-0.39, 0.29) is 17.9 Å². The van der Waals surface area contributed by atoms with E-state index in [4.69, 9.17) is 0 Å². The molecule has 0 radical (unpaired) electrons. The Hall–Kier alpha value is -3.10. The van der Waals surface area contributed by atoms with E-state index in [1.54, 1.807) is 0 Å². The maximum atomic E-state index is 13.0. The monoisotopic (exact) mass is 490 g/mol. The zero-order valence-corrected chi connectivity index (χ0v) is 21.2. The summed E-state index contributed by atoms with van der Waals surface area (Å²) < 4.78 is 1.96. The Kier molecular flexibility index (Phi) is 7.72. The molecule has 3 heterocycles. The number of aliphatic hydroxyl groups is 1. The summed E-state index contributed by atoms with van der Waals surface area (Å²) in [5.41, 5.74) is 5.67. The van der Waals surface area contributed by atoms with Crippen molar-refractivity contribution in [3.8, 4) is 11.1 Å². The lowest BCUT2D eigenvalue weighted by atomic mass is 9.86. The van der Waals surface area contributed by atoms with E-state index in [2.05, 4.69) is 70.2 Å². The highest BCUT2D eigenvalue weighted by Crippen LogP contribution is 2.30. The number of carbonyl (C=O) groups is 1. The van der Waals surface area contributed by atoms with Crippen LogP contribution in [-0.2, 0) is 4.79 Å². The average Bonchev–Trinajstić information content (AvgIpc) is 3.36. The predicted molar refractivity (Wildman–Crippen MR) is 144 cm³/mol. The van der Waals surface area contributed by atoms with Crippen LogP contribution in [0.5, 0.6) is 0 Å². The van der Waals surface area contributed by atoms with Gasteiger partial charge in [0.25, 0.3) is 0 Å². The molecule has 0 atom stereocenters. The topological polar surface area (TPSA) is 85.1 Å². The first-order valence-electron chi connectivity index (χ1n) is 13.4. The fraction of sp³-hybridized carbons (Fsp3) is 0.500.